The summed E-state index contributed by atoms with van der Waals surface area (Å²) in [6.07, 6.45) is 6.32. The van der Waals surface area contributed by atoms with E-state index in [1.807, 2.05) is 35.3 Å². The minimum absolute atomic E-state index is 0.777. The lowest BCUT2D eigenvalue weighted by Crippen LogP contribution is -2.22. The van der Waals surface area contributed by atoms with Crippen molar-refractivity contribution in [2.24, 2.45) is 4.99 Å². The molecule has 0 amide bonds. The number of aromatic nitrogens is 4. The van der Waals surface area contributed by atoms with Crippen molar-refractivity contribution in [2.75, 3.05) is 38.6 Å². The van der Waals surface area contributed by atoms with E-state index < -0.39 is 0 Å². The summed E-state index contributed by atoms with van der Waals surface area (Å²) < 4.78 is 7.02. The summed E-state index contributed by atoms with van der Waals surface area (Å²) in [5, 5.41) is 8.79. The number of hydrogen-bond acceptors (Lipinski definition) is 7. The predicted molar refractivity (Wildman–Crippen MR) is 101 cm³/mol. The molecule has 3 heterocycles. The Hall–Kier alpha value is -3.16. The molecule has 0 radical (unpaired) electrons. The molecule has 0 atom stereocenters. The molecule has 1 aromatic carbocycles. The van der Waals surface area contributed by atoms with Crippen LogP contribution in [0.3, 0.4) is 0 Å². The van der Waals surface area contributed by atoms with Gasteiger partial charge in [-0.1, -0.05) is 0 Å². The van der Waals surface area contributed by atoms with E-state index >= 15 is 0 Å². The highest BCUT2D eigenvalue weighted by Crippen LogP contribution is 2.22. The number of hydrogen-bond donors (Lipinski definition) is 1. The lowest BCUT2D eigenvalue weighted by molar-refractivity contribution is 0.414. The number of anilines is 1. The zero-order valence-corrected chi connectivity index (χ0v) is 14.7. The van der Waals surface area contributed by atoms with Crippen LogP contribution < -0.4 is 10.1 Å². The fourth-order valence-electron chi connectivity index (χ4n) is 2.97. The lowest BCUT2D eigenvalue weighted by Gasteiger charge is -2.13. The minimum Gasteiger partial charge on any atom is -0.497 e. The van der Waals surface area contributed by atoms with Gasteiger partial charge in [0.2, 0.25) is 0 Å². The van der Waals surface area contributed by atoms with Crippen LogP contribution in [0.15, 0.2) is 41.8 Å². The van der Waals surface area contributed by atoms with Crippen molar-refractivity contribution in [3.63, 3.8) is 0 Å². The molecule has 4 rings (SSSR count). The Balaban J connectivity index is 1.48. The van der Waals surface area contributed by atoms with Crippen LogP contribution in [-0.2, 0) is 0 Å². The molecule has 1 aliphatic heterocycles. The quantitative estimate of drug-likeness (QED) is 0.656. The zero-order chi connectivity index (χ0) is 17.8. The van der Waals surface area contributed by atoms with Crippen LogP contribution in [0.25, 0.3) is 16.7 Å². The molecule has 1 aliphatic rings. The predicted octanol–water partition coefficient (Wildman–Crippen LogP) is 1.97. The number of benzene rings is 1. The molecule has 0 bridgehead atoms. The maximum Gasteiger partial charge on any atom is 0.168 e. The molecule has 0 unspecified atom stereocenters. The SMILES string of the molecule is COc1ccc(-n2ncc3c(NCCCN4C=NCC4)ncnc32)cc1. The number of ether oxygens (including phenoxy) is 1. The van der Waals surface area contributed by atoms with E-state index in [4.69, 9.17) is 4.74 Å². The fraction of sp³-hybridized carbons (Fsp3) is 0.333. The van der Waals surface area contributed by atoms with Crippen LogP contribution in [0.2, 0.25) is 0 Å². The number of nitrogens with one attached hydrogen (secondary N) is 1. The summed E-state index contributed by atoms with van der Waals surface area (Å²) in [4.78, 5) is 15.2. The normalized spacial score (nSPS) is 13.5. The molecule has 26 heavy (non-hydrogen) atoms. The van der Waals surface area contributed by atoms with Crippen molar-refractivity contribution < 1.29 is 4.74 Å². The molecule has 3 aromatic rings. The average Bonchev–Trinajstić information content (AvgIpc) is 3.35. The van der Waals surface area contributed by atoms with E-state index in [-0.39, 0.29) is 0 Å². The monoisotopic (exact) mass is 351 g/mol. The van der Waals surface area contributed by atoms with E-state index in [9.17, 15) is 0 Å². The largest absolute Gasteiger partial charge is 0.497 e. The third-order valence-corrected chi connectivity index (χ3v) is 4.36. The van der Waals surface area contributed by atoms with Gasteiger partial charge in [-0.15, -0.1) is 0 Å². The van der Waals surface area contributed by atoms with Crippen LogP contribution in [0.1, 0.15) is 6.42 Å². The van der Waals surface area contributed by atoms with Gasteiger partial charge in [0.15, 0.2) is 5.65 Å². The molecule has 0 saturated heterocycles. The summed E-state index contributed by atoms with van der Waals surface area (Å²) in [5.41, 5.74) is 1.71. The van der Waals surface area contributed by atoms with E-state index in [1.54, 1.807) is 19.6 Å². The molecular weight excluding hydrogens is 330 g/mol. The standard InChI is InChI=1S/C18H21N7O/c1-26-15-5-3-14(4-6-15)25-18-16(11-23-25)17(21-12-22-18)20-7-2-9-24-10-8-19-13-24/h3-6,11-13H,2,7-10H2,1H3,(H,20,21,22). The third kappa shape index (κ3) is 3.30. The Morgan fingerprint density at radius 2 is 2.08 bits per heavy atom. The molecule has 0 aliphatic carbocycles. The van der Waals surface area contributed by atoms with Crippen LogP contribution in [-0.4, -0.2) is 64.3 Å². The topological polar surface area (TPSA) is 80.5 Å². The van der Waals surface area contributed by atoms with Crippen molar-refractivity contribution >= 4 is 23.2 Å². The van der Waals surface area contributed by atoms with Gasteiger partial charge < -0.3 is 15.0 Å². The molecule has 134 valence electrons. The molecule has 8 heteroatoms. The molecule has 0 saturated carbocycles. The third-order valence-electron chi connectivity index (χ3n) is 4.36. The van der Waals surface area contributed by atoms with Crippen LogP contribution in [0.4, 0.5) is 5.82 Å². The first kappa shape index (κ1) is 16.3. The average molecular weight is 351 g/mol. The van der Waals surface area contributed by atoms with Gasteiger partial charge in [-0.3, -0.25) is 4.99 Å². The molecular formula is C18H21N7O. The summed E-state index contributed by atoms with van der Waals surface area (Å²) in [6.45, 7) is 3.76. The molecule has 8 nitrogen and oxygen atoms in total. The second kappa shape index (κ2) is 7.38. The highest BCUT2D eigenvalue weighted by atomic mass is 16.5. The fourth-order valence-corrected chi connectivity index (χ4v) is 2.97. The van der Waals surface area contributed by atoms with Crippen molar-refractivity contribution in [1.29, 1.82) is 0 Å². The zero-order valence-electron chi connectivity index (χ0n) is 14.7. The summed E-state index contributed by atoms with van der Waals surface area (Å²) in [6, 6.07) is 7.73. The second-order valence-corrected chi connectivity index (χ2v) is 6.05. The second-order valence-electron chi connectivity index (χ2n) is 6.05. The van der Waals surface area contributed by atoms with Gasteiger partial charge in [0.05, 0.1) is 37.3 Å². The first-order valence-electron chi connectivity index (χ1n) is 8.66. The Morgan fingerprint density at radius 1 is 1.19 bits per heavy atom. The maximum atomic E-state index is 5.21. The molecule has 0 spiro atoms. The number of fused-ring (bicyclic) bond motifs is 1. The van der Waals surface area contributed by atoms with E-state index in [2.05, 4.69) is 30.3 Å². The molecule has 2 aromatic heterocycles. The van der Waals surface area contributed by atoms with Gasteiger partial charge in [0, 0.05) is 19.6 Å². The maximum absolute atomic E-state index is 5.21. The minimum atomic E-state index is 0.777. The first-order chi connectivity index (χ1) is 12.8. The van der Waals surface area contributed by atoms with Gasteiger partial charge >= 0.3 is 0 Å². The van der Waals surface area contributed by atoms with Crippen molar-refractivity contribution in [2.45, 2.75) is 6.42 Å². The number of rotatable bonds is 7. The van der Waals surface area contributed by atoms with Crippen molar-refractivity contribution in [3.05, 3.63) is 36.8 Å². The smallest absolute Gasteiger partial charge is 0.168 e. The number of nitrogens with zero attached hydrogens (tertiary/aromatic N) is 6. The van der Waals surface area contributed by atoms with Crippen molar-refractivity contribution in [3.8, 4) is 11.4 Å². The molecule has 1 N–H and O–H groups in total. The number of aliphatic imine (C=N–C) groups is 1. The van der Waals surface area contributed by atoms with E-state index in [0.717, 1.165) is 60.9 Å². The van der Waals surface area contributed by atoms with E-state index in [0.29, 0.717) is 0 Å². The van der Waals surface area contributed by atoms with Crippen LogP contribution in [0.5, 0.6) is 5.75 Å². The van der Waals surface area contributed by atoms with Gasteiger partial charge in [-0.2, -0.15) is 5.10 Å². The Labute approximate surface area is 151 Å². The van der Waals surface area contributed by atoms with Crippen LogP contribution >= 0.6 is 0 Å². The summed E-state index contributed by atoms with van der Waals surface area (Å²) in [7, 11) is 1.65. The summed E-state index contributed by atoms with van der Waals surface area (Å²) in [5.74, 6) is 1.62. The molecule has 0 fully saturated rings. The Morgan fingerprint density at radius 3 is 2.85 bits per heavy atom. The Bertz CT molecular complexity index is 904. The van der Waals surface area contributed by atoms with Gasteiger partial charge in [0.1, 0.15) is 17.9 Å². The highest BCUT2D eigenvalue weighted by Gasteiger charge is 2.11. The van der Waals surface area contributed by atoms with Crippen LogP contribution in [0, 0.1) is 0 Å². The van der Waals surface area contributed by atoms with E-state index in [1.165, 1.54) is 0 Å². The lowest BCUT2D eigenvalue weighted by atomic mass is 10.3. The Kier molecular flexibility index (Phi) is 4.63. The van der Waals surface area contributed by atoms with Gasteiger partial charge in [0.25, 0.3) is 0 Å². The van der Waals surface area contributed by atoms with Gasteiger partial charge in [-0.25, -0.2) is 14.6 Å². The number of methoxy groups -OCH3 is 1. The highest BCUT2D eigenvalue weighted by molar-refractivity contribution is 5.87. The van der Waals surface area contributed by atoms with Crippen molar-refractivity contribution in [1.82, 2.24) is 24.6 Å². The summed E-state index contributed by atoms with van der Waals surface area (Å²) >= 11 is 0. The first-order valence-corrected chi connectivity index (χ1v) is 8.66. The van der Waals surface area contributed by atoms with Gasteiger partial charge in [-0.05, 0) is 30.7 Å².